The van der Waals surface area contributed by atoms with Gasteiger partial charge in [0.2, 0.25) is 12.2 Å². The summed E-state index contributed by atoms with van der Waals surface area (Å²) in [4.78, 5) is 3.81. The number of aliphatic imine (C=N–C) groups is 1. The molecular weight excluding hydrogens is 476 g/mol. The molecule has 0 bridgehead atoms. The third-order valence-corrected chi connectivity index (χ3v) is 5.94. The maximum Gasteiger partial charge on any atom is 0.306 e. The van der Waals surface area contributed by atoms with Gasteiger partial charge in [-0.25, -0.2) is 0 Å². The summed E-state index contributed by atoms with van der Waals surface area (Å²) in [5.41, 5.74) is -0.0560. The lowest BCUT2D eigenvalue weighted by Gasteiger charge is -2.46. The maximum absolute atomic E-state index is 11.7. The lowest BCUT2D eigenvalue weighted by atomic mass is 9.84. The third kappa shape index (κ3) is 6.20. The molecule has 11 nitrogen and oxygen atoms in total. The molecule has 188 valence electrons. The van der Waals surface area contributed by atoms with Crippen LogP contribution in [0.2, 0.25) is 0 Å². The van der Waals surface area contributed by atoms with Gasteiger partial charge < -0.3 is 34.1 Å². The minimum Gasteiger partial charge on any atom is -0.479 e. The van der Waals surface area contributed by atoms with E-state index in [0.717, 1.165) is 11.8 Å². The van der Waals surface area contributed by atoms with Crippen molar-refractivity contribution >= 4 is 16.1 Å². The van der Waals surface area contributed by atoms with Gasteiger partial charge in [-0.3, -0.25) is 0 Å². The molecule has 0 spiro atoms. The van der Waals surface area contributed by atoms with E-state index in [1.165, 1.54) is 32.4 Å². The van der Waals surface area contributed by atoms with Crippen LogP contribution in [0.1, 0.15) is 24.1 Å². The van der Waals surface area contributed by atoms with Gasteiger partial charge in [-0.2, -0.15) is 13.7 Å². The monoisotopic (exact) mass is 504 g/mol. The molecular formula is C23H28N4O7S. The number of fused-ring (bicyclic) bond motifs is 1. The van der Waals surface area contributed by atoms with Gasteiger partial charge in [-0.15, -0.1) is 4.99 Å². The van der Waals surface area contributed by atoms with Crippen molar-refractivity contribution in [2.45, 2.75) is 37.5 Å². The van der Waals surface area contributed by atoms with Crippen molar-refractivity contribution in [3.05, 3.63) is 59.7 Å². The fourth-order valence-corrected chi connectivity index (χ4v) is 4.35. The van der Waals surface area contributed by atoms with Crippen LogP contribution in [-0.2, 0) is 26.1 Å². The molecule has 1 aliphatic rings. The lowest BCUT2D eigenvalue weighted by Crippen LogP contribution is -2.62. The molecule has 0 amide bonds. The van der Waals surface area contributed by atoms with Gasteiger partial charge in [-0.1, -0.05) is 30.3 Å². The number of benzene rings is 2. The fourth-order valence-electron chi connectivity index (χ4n) is 3.90. The van der Waals surface area contributed by atoms with Crippen LogP contribution in [0, 0.1) is 11.5 Å². The normalized spacial score (nSPS) is 22.0. The Bertz CT molecular complexity index is 1200. The highest BCUT2D eigenvalue weighted by atomic mass is 32.2. The Morgan fingerprint density at radius 1 is 1.26 bits per heavy atom. The second-order valence-electron chi connectivity index (χ2n) is 8.04. The zero-order chi connectivity index (χ0) is 25.6. The molecule has 0 aromatic heterocycles. The summed E-state index contributed by atoms with van der Waals surface area (Å²) in [5.74, 6) is 0.453. The number of nitrogens with one attached hydrogen (secondary N) is 2. The van der Waals surface area contributed by atoms with E-state index in [2.05, 4.69) is 15.6 Å². The average Bonchev–Trinajstić information content (AvgIpc) is 2.81. The van der Waals surface area contributed by atoms with Crippen LogP contribution in [0.5, 0.6) is 11.5 Å². The highest BCUT2D eigenvalue weighted by Crippen LogP contribution is 2.43. The maximum atomic E-state index is 11.7. The molecule has 3 rings (SSSR count). The van der Waals surface area contributed by atoms with Crippen LogP contribution in [-0.4, -0.2) is 58.0 Å². The number of hydrogen-bond acceptors (Lipinski definition) is 9. The first-order valence-corrected chi connectivity index (χ1v) is 12.4. The zero-order valence-corrected chi connectivity index (χ0v) is 20.6. The van der Waals surface area contributed by atoms with Gasteiger partial charge in [0.15, 0.2) is 11.9 Å². The predicted octanol–water partition coefficient (Wildman–Crippen LogP) is 1.41. The number of hydrogen-bond donors (Lipinski definition) is 3. The van der Waals surface area contributed by atoms with Crippen molar-refractivity contribution in [1.29, 1.82) is 5.26 Å². The molecule has 0 aliphatic carbocycles. The summed E-state index contributed by atoms with van der Waals surface area (Å²) in [6.45, 7) is 1.97. The molecule has 0 unspecified atom stereocenters. The van der Waals surface area contributed by atoms with Crippen LogP contribution in [0.15, 0.2) is 53.5 Å². The van der Waals surface area contributed by atoms with Crippen molar-refractivity contribution in [3.8, 4) is 17.7 Å². The second-order valence-corrected chi connectivity index (χ2v) is 9.62. The Morgan fingerprint density at radius 2 is 1.94 bits per heavy atom. The van der Waals surface area contributed by atoms with E-state index >= 15 is 0 Å². The Labute approximate surface area is 204 Å². The van der Waals surface area contributed by atoms with E-state index in [1.54, 1.807) is 13.1 Å². The first-order valence-electron chi connectivity index (χ1n) is 10.6. The summed E-state index contributed by atoms with van der Waals surface area (Å²) in [5, 5.41) is 26.8. The van der Waals surface area contributed by atoms with E-state index in [9.17, 15) is 18.8 Å². The number of aliphatic hydroxyl groups is 1. The van der Waals surface area contributed by atoms with Crippen molar-refractivity contribution in [2.24, 2.45) is 4.99 Å². The fraction of sp³-hybridized carbons (Fsp3) is 0.391. The smallest absolute Gasteiger partial charge is 0.306 e. The lowest BCUT2D eigenvalue weighted by molar-refractivity contribution is -0.238. The number of ether oxygens (including phenoxy) is 3. The Balaban J connectivity index is 2.00. The summed E-state index contributed by atoms with van der Waals surface area (Å²) < 4.78 is 45.2. The van der Waals surface area contributed by atoms with Crippen molar-refractivity contribution < 1.29 is 31.9 Å². The Hall–Kier alpha value is -3.37. The molecule has 0 radical (unpaired) electrons. The summed E-state index contributed by atoms with van der Waals surface area (Å²) in [7, 11) is -0.958. The van der Waals surface area contributed by atoms with Crippen molar-refractivity contribution in [2.75, 3.05) is 20.5 Å². The minimum absolute atomic E-state index is 0.0310. The first kappa shape index (κ1) is 26.2. The van der Waals surface area contributed by atoms with Gasteiger partial charge in [-0.05, 0) is 30.7 Å². The predicted molar refractivity (Wildman–Crippen MR) is 127 cm³/mol. The Kier molecular flexibility index (Phi) is 8.18. The van der Waals surface area contributed by atoms with Gasteiger partial charge in [0.05, 0.1) is 12.3 Å². The van der Waals surface area contributed by atoms with Crippen LogP contribution in [0.3, 0.4) is 0 Å². The SMILES string of the molecule is COC(OC)[C@]1(C)Oc2ccc(OS(C)(=O)=O)cc2[C@@H](NC(=NC#N)NCc2ccccc2)[C@@H]1O. The average molecular weight is 505 g/mol. The molecule has 1 aliphatic heterocycles. The molecule has 35 heavy (non-hydrogen) atoms. The van der Waals surface area contributed by atoms with E-state index in [1.807, 2.05) is 30.3 Å². The molecule has 12 heteroatoms. The number of nitrogens with zero attached hydrogens (tertiary/aromatic N) is 2. The molecule has 0 saturated carbocycles. The van der Waals surface area contributed by atoms with Crippen LogP contribution >= 0.6 is 0 Å². The van der Waals surface area contributed by atoms with E-state index in [4.69, 9.17) is 18.4 Å². The number of guanidine groups is 1. The molecule has 2 aromatic rings. The molecule has 1 heterocycles. The Morgan fingerprint density at radius 3 is 2.54 bits per heavy atom. The molecule has 3 atom stereocenters. The molecule has 0 saturated heterocycles. The summed E-state index contributed by atoms with van der Waals surface area (Å²) >= 11 is 0. The van der Waals surface area contributed by atoms with Crippen LogP contribution in [0.25, 0.3) is 0 Å². The third-order valence-electron chi connectivity index (χ3n) is 5.45. The van der Waals surface area contributed by atoms with Gasteiger partial charge in [0, 0.05) is 26.3 Å². The second kappa shape index (κ2) is 10.9. The van der Waals surface area contributed by atoms with Crippen LogP contribution < -0.4 is 19.6 Å². The molecule has 0 fully saturated rings. The highest BCUT2D eigenvalue weighted by molar-refractivity contribution is 7.86. The van der Waals surface area contributed by atoms with Crippen molar-refractivity contribution in [3.63, 3.8) is 0 Å². The zero-order valence-electron chi connectivity index (χ0n) is 19.8. The van der Waals surface area contributed by atoms with Gasteiger partial charge >= 0.3 is 10.1 Å². The summed E-state index contributed by atoms with van der Waals surface area (Å²) in [6.07, 6.45) is 0.408. The van der Waals surface area contributed by atoms with Crippen molar-refractivity contribution in [1.82, 2.24) is 10.6 Å². The largest absolute Gasteiger partial charge is 0.479 e. The number of rotatable bonds is 8. The molecule has 2 aromatic carbocycles. The first-order chi connectivity index (χ1) is 16.6. The minimum atomic E-state index is -3.79. The quantitative estimate of drug-likeness (QED) is 0.158. The van der Waals surface area contributed by atoms with E-state index in [0.29, 0.717) is 17.9 Å². The van der Waals surface area contributed by atoms with Crippen LogP contribution in [0.4, 0.5) is 0 Å². The molecule has 3 N–H and O–H groups in total. The topological polar surface area (TPSA) is 152 Å². The standard InChI is InChI=1S/C23H28N4O7S/c1-23(21(31-2)32-3)20(28)19(17-12-16(34-35(4,29)30)10-11-18(17)33-23)27-22(26-14-24)25-13-15-8-6-5-7-9-15/h5-12,19-21,28H,13H2,1-4H3,(H2,25,26,27)/t19-,20+,23-/m1/s1. The van der Waals surface area contributed by atoms with Gasteiger partial charge in [0.25, 0.3) is 0 Å². The van der Waals surface area contributed by atoms with Gasteiger partial charge in [0.1, 0.15) is 17.6 Å². The number of methoxy groups -OCH3 is 2. The highest BCUT2D eigenvalue weighted by Gasteiger charge is 2.52. The van der Waals surface area contributed by atoms with E-state index < -0.39 is 34.2 Å². The summed E-state index contributed by atoms with van der Waals surface area (Å²) in [6, 6.07) is 12.9. The number of nitriles is 1. The number of aliphatic hydroxyl groups excluding tert-OH is 1. The van der Waals surface area contributed by atoms with E-state index in [-0.39, 0.29) is 11.7 Å².